The Kier molecular flexibility index (Phi) is 7.38. The van der Waals surface area contributed by atoms with Crippen molar-refractivity contribution in [2.45, 2.75) is 19.7 Å². The Morgan fingerprint density at radius 3 is 2.40 bits per heavy atom. The van der Waals surface area contributed by atoms with Crippen LogP contribution >= 0.6 is 12.4 Å². The summed E-state index contributed by atoms with van der Waals surface area (Å²) in [6.07, 6.45) is 3.60. The van der Waals surface area contributed by atoms with Gasteiger partial charge in [0.25, 0.3) is 0 Å². The van der Waals surface area contributed by atoms with E-state index in [4.69, 9.17) is 4.74 Å². The molecule has 0 radical (unpaired) electrons. The summed E-state index contributed by atoms with van der Waals surface area (Å²) in [7, 11) is 0. The Morgan fingerprint density at radius 2 is 1.64 bits per heavy atom. The molecule has 2 aromatic carbocycles. The Morgan fingerprint density at radius 1 is 0.880 bits per heavy atom. The maximum atomic E-state index is 13.7. The summed E-state index contributed by atoms with van der Waals surface area (Å²) >= 11 is 0. The number of nitrogens with zero attached hydrogens (tertiary/aromatic N) is 1. The normalized spacial score (nSPS) is 10.1. The van der Waals surface area contributed by atoms with E-state index in [1.165, 1.54) is 6.07 Å². The average molecular weight is 359 g/mol. The van der Waals surface area contributed by atoms with Gasteiger partial charge in [-0.05, 0) is 23.8 Å². The Balaban J connectivity index is 0.00000225. The molecule has 25 heavy (non-hydrogen) atoms. The topological polar surface area (TPSA) is 34.1 Å². The van der Waals surface area contributed by atoms with E-state index < -0.39 is 0 Å². The lowest BCUT2D eigenvalue weighted by molar-refractivity contribution is 0.296. The van der Waals surface area contributed by atoms with E-state index in [0.29, 0.717) is 12.1 Å². The molecule has 130 valence electrons. The second kappa shape index (κ2) is 9.77. The van der Waals surface area contributed by atoms with E-state index in [1.54, 1.807) is 18.3 Å². The van der Waals surface area contributed by atoms with Crippen LogP contribution in [0.2, 0.25) is 0 Å². The SMILES string of the molecule is Cl.Fc1ccccc1COc1ccccc1CNCc1cccnc1. The van der Waals surface area contributed by atoms with Crippen molar-refractivity contribution in [3.8, 4) is 5.75 Å². The predicted molar refractivity (Wildman–Crippen MR) is 99.2 cm³/mol. The average Bonchev–Trinajstić information content (AvgIpc) is 2.63. The van der Waals surface area contributed by atoms with Crippen molar-refractivity contribution in [1.29, 1.82) is 0 Å². The molecule has 1 heterocycles. The number of aromatic nitrogens is 1. The second-order valence-electron chi connectivity index (χ2n) is 5.45. The second-order valence-corrected chi connectivity index (χ2v) is 5.45. The van der Waals surface area contributed by atoms with Crippen LogP contribution in [0, 0.1) is 5.82 Å². The molecule has 1 N–H and O–H groups in total. The van der Waals surface area contributed by atoms with Crippen LogP contribution in [-0.2, 0) is 19.7 Å². The molecule has 0 aliphatic rings. The van der Waals surface area contributed by atoms with E-state index >= 15 is 0 Å². The van der Waals surface area contributed by atoms with Gasteiger partial charge in [0, 0.05) is 36.6 Å². The zero-order valence-electron chi connectivity index (χ0n) is 13.7. The van der Waals surface area contributed by atoms with Crippen LogP contribution < -0.4 is 10.1 Å². The van der Waals surface area contributed by atoms with Gasteiger partial charge in [-0.2, -0.15) is 0 Å². The molecule has 3 rings (SSSR count). The van der Waals surface area contributed by atoms with Gasteiger partial charge in [-0.15, -0.1) is 12.4 Å². The van der Waals surface area contributed by atoms with E-state index in [0.717, 1.165) is 23.4 Å². The number of pyridine rings is 1. The third-order valence-electron chi connectivity index (χ3n) is 3.68. The predicted octanol–water partition coefficient (Wildman–Crippen LogP) is 4.51. The molecule has 0 bridgehead atoms. The number of para-hydroxylation sites is 1. The lowest BCUT2D eigenvalue weighted by Gasteiger charge is -2.12. The molecule has 0 atom stereocenters. The van der Waals surface area contributed by atoms with Crippen LogP contribution in [-0.4, -0.2) is 4.98 Å². The Labute approximate surface area is 153 Å². The van der Waals surface area contributed by atoms with Crippen LogP contribution in [0.4, 0.5) is 4.39 Å². The first kappa shape index (κ1) is 18.9. The maximum absolute atomic E-state index is 13.7. The summed E-state index contributed by atoms with van der Waals surface area (Å²) in [6.45, 7) is 1.62. The number of hydrogen-bond acceptors (Lipinski definition) is 3. The van der Waals surface area contributed by atoms with Gasteiger partial charge in [0.15, 0.2) is 0 Å². The van der Waals surface area contributed by atoms with Gasteiger partial charge >= 0.3 is 0 Å². The third kappa shape index (κ3) is 5.55. The molecule has 0 fully saturated rings. The highest BCUT2D eigenvalue weighted by Gasteiger charge is 2.06. The monoisotopic (exact) mass is 358 g/mol. The maximum Gasteiger partial charge on any atom is 0.129 e. The summed E-state index contributed by atoms with van der Waals surface area (Å²) in [6, 6.07) is 18.4. The molecule has 3 nitrogen and oxygen atoms in total. The quantitative estimate of drug-likeness (QED) is 0.674. The van der Waals surface area contributed by atoms with Crippen molar-refractivity contribution in [3.05, 3.63) is 95.6 Å². The highest BCUT2D eigenvalue weighted by atomic mass is 35.5. The van der Waals surface area contributed by atoms with Crippen LogP contribution in [0.3, 0.4) is 0 Å². The molecule has 0 saturated carbocycles. The Bertz CT molecular complexity index is 783. The minimum absolute atomic E-state index is 0. The van der Waals surface area contributed by atoms with Gasteiger partial charge in [0.05, 0.1) is 0 Å². The largest absolute Gasteiger partial charge is 0.488 e. The first-order valence-corrected chi connectivity index (χ1v) is 7.86. The molecule has 0 unspecified atom stereocenters. The number of halogens is 2. The summed E-state index contributed by atoms with van der Waals surface area (Å²) in [5.74, 6) is 0.518. The number of benzene rings is 2. The highest BCUT2D eigenvalue weighted by Crippen LogP contribution is 2.20. The molecule has 0 saturated heterocycles. The molecule has 0 amide bonds. The zero-order valence-corrected chi connectivity index (χ0v) is 14.5. The molecule has 5 heteroatoms. The van der Waals surface area contributed by atoms with Crippen molar-refractivity contribution in [3.63, 3.8) is 0 Å². The molecule has 0 aliphatic heterocycles. The van der Waals surface area contributed by atoms with Crippen molar-refractivity contribution in [1.82, 2.24) is 10.3 Å². The minimum atomic E-state index is -0.246. The summed E-state index contributed by atoms with van der Waals surface area (Å²) in [4.78, 5) is 4.10. The van der Waals surface area contributed by atoms with Crippen molar-refractivity contribution in [2.24, 2.45) is 0 Å². The molecule has 0 spiro atoms. The lowest BCUT2D eigenvalue weighted by atomic mass is 10.2. The molecular formula is C20H20ClFN2O. The van der Waals surface area contributed by atoms with Crippen molar-refractivity contribution >= 4 is 12.4 Å². The van der Waals surface area contributed by atoms with Crippen LogP contribution in [0.5, 0.6) is 5.75 Å². The van der Waals surface area contributed by atoms with Gasteiger partial charge in [-0.1, -0.05) is 42.5 Å². The van der Waals surface area contributed by atoms with E-state index in [1.807, 2.05) is 48.7 Å². The lowest BCUT2D eigenvalue weighted by Crippen LogP contribution is -2.13. The molecular weight excluding hydrogens is 339 g/mol. The summed E-state index contributed by atoms with van der Waals surface area (Å²) in [5, 5.41) is 3.37. The fourth-order valence-electron chi connectivity index (χ4n) is 2.41. The van der Waals surface area contributed by atoms with Gasteiger partial charge in [0.1, 0.15) is 18.2 Å². The van der Waals surface area contributed by atoms with Gasteiger partial charge in [-0.25, -0.2) is 4.39 Å². The van der Waals surface area contributed by atoms with Crippen LogP contribution in [0.1, 0.15) is 16.7 Å². The fourth-order valence-corrected chi connectivity index (χ4v) is 2.41. The van der Waals surface area contributed by atoms with E-state index in [-0.39, 0.29) is 24.8 Å². The fraction of sp³-hybridized carbons (Fsp3) is 0.150. The van der Waals surface area contributed by atoms with E-state index in [2.05, 4.69) is 10.3 Å². The van der Waals surface area contributed by atoms with Gasteiger partial charge < -0.3 is 10.1 Å². The van der Waals surface area contributed by atoms with Crippen molar-refractivity contribution < 1.29 is 9.13 Å². The standard InChI is InChI=1S/C20H19FN2O.ClH/c21-19-9-3-1-8-18(19)15-24-20-10-4-2-7-17(20)14-23-13-16-6-5-11-22-12-16;/h1-12,23H,13-15H2;1H. The first-order valence-electron chi connectivity index (χ1n) is 7.86. The third-order valence-corrected chi connectivity index (χ3v) is 3.68. The smallest absolute Gasteiger partial charge is 0.129 e. The van der Waals surface area contributed by atoms with E-state index in [9.17, 15) is 4.39 Å². The molecule has 1 aromatic heterocycles. The summed E-state index contributed by atoms with van der Waals surface area (Å²) in [5.41, 5.74) is 2.72. The Hall–Kier alpha value is -2.43. The van der Waals surface area contributed by atoms with Crippen molar-refractivity contribution in [2.75, 3.05) is 0 Å². The number of hydrogen-bond donors (Lipinski definition) is 1. The molecule has 3 aromatic rings. The number of ether oxygens (including phenoxy) is 1. The van der Waals surface area contributed by atoms with Crippen LogP contribution in [0.15, 0.2) is 73.1 Å². The zero-order chi connectivity index (χ0) is 16.6. The number of rotatable bonds is 7. The summed E-state index contributed by atoms with van der Waals surface area (Å²) < 4.78 is 19.5. The highest BCUT2D eigenvalue weighted by molar-refractivity contribution is 5.85. The number of nitrogens with one attached hydrogen (secondary N) is 1. The molecule has 0 aliphatic carbocycles. The van der Waals surface area contributed by atoms with Gasteiger partial charge in [0.2, 0.25) is 0 Å². The first-order chi connectivity index (χ1) is 11.8. The minimum Gasteiger partial charge on any atom is -0.488 e. The van der Waals surface area contributed by atoms with Gasteiger partial charge in [-0.3, -0.25) is 4.98 Å². The van der Waals surface area contributed by atoms with Crippen LogP contribution in [0.25, 0.3) is 0 Å².